The van der Waals surface area contributed by atoms with Gasteiger partial charge in [-0.05, 0) is 35.9 Å². The highest BCUT2D eigenvalue weighted by Crippen LogP contribution is 2.35. The van der Waals surface area contributed by atoms with Crippen molar-refractivity contribution in [1.82, 2.24) is 9.97 Å². The first kappa shape index (κ1) is 15.4. The van der Waals surface area contributed by atoms with Crippen molar-refractivity contribution in [2.75, 3.05) is 19.8 Å². The van der Waals surface area contributed by atoms with E-state index in [0.29, 0.717) is 30.8 Å². The monoisotopic (exact) mass is 396 g/mol. The van der Waals surface area contributed by atoms with E-state index in [1.807, 2.05) is 6.92 Å². The molecule has 0 aromatic carbocycles. The van der Waals surface area contributed by atoms with Gasteiger partial charge in [-0.1, -0.05) is 18.5 Å². The number of rotatable bonds is 4. The molecule has 2 rings (SSSR count). The Labute approximate surface area is 132 Å². The summed E-state index contributed by atoms with van der Waals surface area (Å²) in [7, 11) is 0. The molecule has 2 heterocycles. The van der Waals surface area contributed by atoms with E-state index in [9.17, 15) is 0 Å². The molecule has 6 heteroatoms. The maximum Gasteiger partial charge on any atom is 0.162 e. The number of hydrogen-bond donors (Lipinski definition) is 0. The molecule has 0 atom stereocenters. The Hall–Kier alpha value is 0.0200. The molecule has 1 aliphatic rings. The fraction of sp³-hybridized carbons (Fsp3) is 0.692. The second-order valence-electron chi connectivity index (χ2n) is 4.49. The minimum atomic E-state index is -0.440. The Morgan fingerprint density at radius 2 is 2.00 bits per heavy atom. The first-order chi connectivity index (χ1) is 9.13. The summed E-state index contributed by atoms with van der Waals surface area (Å²) in [6.45, 7) is 6.05. The molecule has 1 aliphatic heterocycles. The fourth-order valence-corrected chi connectivity index (χ4v) is 3.12. The van der Waals surface area contributed by atoms with Crippen LogP contribution >= 0.6 is 34.2 Å². The maximum atomic E-state index is 6.23. The highest BCUT2D eigenvalue weighted by Gasteiger charge is 2.38. The molecule has 0 radical (unpaired) electrons. The van der Waals surface area contributed by atoms with Crippen molar-refractivity contribution in [2.45, 2.75) is 38.7 Å². The van der Waals surface area contributed by atoms with E-state index in [4.69, 9.17) is 21.1 Å². The van der Waals surface area contributed by atoms with Gasteiger partial charge >= 0.3 is 0 Å². The number of nitrogens with zero attached hydrogens (tertiary/aromatic N) is 2. The average Bonchev–Trinajstić information content (AvgIpc) is 2.43. The molecule has 0 N–H and O–H groups in total. The molecule has 0 amide bonds. The Bertz CT molecular complexity index is 445. The van der Waals surface area contributed by atoms with Crippen LogP contribution in [0.2, 0.25) is 5.15 Å². The van der Waals surface area contributed by atoms with E-state index in [2.05, 4.69) is 39.5 Å². The van der Waals surface area contributed by atoms with Crippen LogP contribution in [0, 0.1) is 3.57 Å². The molecule has 1 aromatic heterocycles. The molecule has 19 heavy (non-hydrogen) atoms. The average molecular weight is 397 g/mol. The molecule has 1 aromatic rings. The van der Waals surface area contributed by atoms with Crippen LogP contribution in [0.15, 0.2) is 0 Å². The zero-order chi connectivity index (χ0) is 13.9. The SMILES string of the molecule is CCOC1(c2nc(Cl)c(I)c(CC)n2)CCOCC1. The van der Waals surface area contributed by atoms with Gasteiger partial charge in [0.2, 0.25) is 0 Å². The van der Waals surface area contributed by atoms with Gasteiger partial charge in [-0.2, -0.15) is 0 Å². The Balaban J connectivity index is 2.44. The summed E-state index contributed by atoms with van der Waals surface area (Å²) in [6, 6.07) is 0. The number of hydrogen-bond acceptors (Lipinski definition) is 4. The molecule has 1 saturated heterocycles. The molecule has 0 spiro atoms. The summed E-state index contributed by atoms with van der Waals surface area (Å²) < 4.78 is 12.4. The Kier molecular flexibility index (Phi) is 5.39. The van der Waals surface area contributed by atoms with Crippen LogP contribution < -0.4 is 0 Å². The van der Waals surface area contributed by atoms with Gasteiger partial charge in [0.25, 0.3) is 0 Å². The fourth-order valence-electron chi connectivity index (χ4n) is 2.31. The Morgan fingerprint density at radius 1 is 1.32 bits per heavy atom. The lowest BCUT2D eigenvalue weighted by atomic mass is 9.92. The zero-order valence-corrected chi connectivity index (χ0v) is 14.1. The number of aromatic nitrogens is 2. The number of aryl methyl sites for hydroxylation is 1. The Morgan fingerprint density at radius 3 is 2.58 bits per heavy atom. The topological polar surface area (TPSA) is 44.2 Å². The third-order valence-electron chi connectivity index (χ3n) is 3.34. The van der Waals surface area contributed by atoms with E-state index in [1.54, 1.807) is 0 Å². The molecule has 0 unspecified atom stereocenters. The van der Waals surface area contributed by atoms with Crippen LogP contribution in [0.25, 0.3) is 0 Å². The van der Waals surface area contributed by atoms with Gasteiger partial charge in [0.15, 0.2) is 5.82 Å². The van der Waals surface area contributed by atoms with E-state index >= 15 is 0 Å². The summed E-state index contributed by atoms with van der Waals surface area (Å²) in [5, 5.41) is 0.521. The molecule has 0 bridgehead atoms. The molecule has 0 aliphatic carbocycles. The number of ether oxygens (including phenoxy) is 2. The summed E-state index contributed by atoms with van der Waals surface area (Å²) in [4.78, 5) is 9.14. The lowest BCUT2D eigenvalue weighted by Crippen LogP contribution is -2.38. The predicted molar refractivity (Wildman–Crippen MR) is 82.5 cm³/mol. The maximum absolute atomic E-state index is 6.23. The van der Waals surface area contributed by atoms with Crippen molar-refractivity contribution in [2.24, 2.45) is 0 Å². The van der Waals surface area contributed by atoms with Gasteiger partial charge < -0.3 is 9.47 Å². The summed E-state index contributed by atoms with van der Waals surface area (Å²) in [6.07, 6.45) is 2.40. The van der Waals surface area contributed by atoms with Crippen LogP contribution in [-0.4, -0.2) is 29.8 Å². The minimum absolute atomic E-state index is 0.440. The van der Waals surface area contributed by atoms with Crippen molar-refractivity contribution in [3.8, 4) is 0 Å². The van der Waals surface area contributed by atoms with Crippen molar-refractivity contribution in [3.63, 3.8) is 0 Å². The van der Waals surface area contributed by atoms with Crippen LogP contribution in [0.5, 0.6) is 0 Å². The highest BCUT2D eigenvalue weighted by molar-refractivity contribution is 14.1. The van der Waals surface area contributed by atoms with E-state index < -0.39 is 5.60 Å². The standard InChI is InChI=1S/C13H18ClIN2O2/c1-3-9-10(15)11(14)17-12(16-9)13(19-4-2)5-7-18-8-6-13/h3-8H2,1-2H3. The van der Waals surface area contributed by atoms with Gasteiger partial charge in [0.05, 0.1) is 9.26 Å². The van der Waals surface area contributed by atoms with E-state index in [0.717, 1.165) is 28.5 Å². The third-order valence-corrected chi connectivity index (χ3v) is 5.07. The van der Waals surface area contributed by atoms with Gasteiger partial charge in [0.1, 0.15) is 10.8 Å². The third kappa shape index (κ3) is 3.20. The molecule has 106 valence electrons. The quantitative estimate of drug-likeness (QED) is 0.578. The molecular formula is C13H18ClIN2O2. The first-order valence-corrected chi connectivity index (χ1v) is 8.02. The lowest BCUT2D eigenvalue weighted by Gasteiger charge is -2.35. The smallest absolute Gasteiger partial charge is 0.162 e. The largest absolute Gasteiger partial charge is 0.381 e. The van der Waals surface area contributed by atoms with Crippen molar-refractivity contribution < 1.29 is 9.47 Å². The zero-order valence-electron chi connectivity index (χ0n) is 11.2. The highest BCUT2D eigenvalue weighted by atomic mass is 127. The number of halogens is 2. The van der Waals surface area contributed by atoms with Gasteiger partial charge in [-0.3, -0.25) is 0 Å². The normalized spacial score (nSPS) is 18.5. The van der Waals surface area contributed by atoms with Crippen molar-refractivity contribution in [1.29, 1.82) is 0 Å². The first-order valence-electron chi connectivity index (χ1n) is 6.57. The molecule has 4 nitrogen and oxygen atoms in total. The van der Waals surface area contributed by atoms with Crippen molar-refractivity contribution in [3.05, 3.63) is 20.2 Å². The molecule has 1 fully saturated rings. The molecule has 0 saturated carbocycles. The van der Waals surface area contributed by atoms with Crippen LogP contribution in [-0.2, 0) is 21.5 Å². The van der Waals surface area contributed by atoms with E-state index in [-0.39, 0.29) is 0 Å². The van der Waals surface area contributed by atoms with Gasteiger partial charge in [0, 0.05) is 32.7 Å². The van der Waals surface area contributed by atoms with Crippen LogP contribution in [0.4, 0.5) is 0 Å². The minimum Gasteiger partial charge on any atom is -0.381 e. The summed E-state index contributed by atoms with van der Waals surface area (Å²) >= 11 is 8.43. The van der Waals surface area contributed by atoms with Crippen LogP contribution in [0.1, 0.15) is 38.2 Å². The van der Waals surface area contributed by atoms with E-state index in [1.165, 1.54) is 0 Å². The predicted octanol–water partition coefficient (Wildman–Crippen LogP) is 3.34. The summed E-state index contributed by atoms with van der Waals surface area (Å²) in [5.41, 5.74) is 0.548. The van der Waals surface area contributed by atoms with Gasteiger partial charge in [-0.15, -0.1) is 0 Å². The van der Waals surface area contributed by atoms with Crippen molar-refractivity contribution >= 4 is 34.2 Å². The van der Waals surface area contributed by atoms with Gasteiger partial charge in [-0.25, -0.2) is 9.97 Å². The molecular weight excluding hydrogens is 379 g/mol. The summed E-state index contributed by atoms with van der Waals surface area (Å²) in [5.74, 6) is 0.708. The second kappa shape index (κ2) is 6.65. The lowest BCUT2D eigenvalue weighted by molar-refractivity contribution is -0.118. The second-order valence-corrected chi connectivity index (χ2v) is 5.93. The van der Waals surface area contributed by atoms with Crippen LogP contribution in [0.3, 0.4) is 0 Å².